The molecule has 0 saturated carbocycles. The molecule has 20 heavy (non-hydrogen) atoms. The molecule has 0 aliphatic carbocycles. The second-order valence-electron chi connectivity index (χ2n) is 3.99. The minimum atomic E-state index is -0.448. The highest BCUT2D eigenvalue weighted by Crippen LogP contribution is 2.36. The van der Waals surface area contributed by atoms with E-state index in [1.165, 1.54) is 11.3 Å². The molecule has 1 aromatic carbocycles. The molecule has 100 valence electrons. The van der Waals surface area contributed by atoms with Gasteiger partial charge in [-0.25, -0.2) is 0 Å². The van der Waals surface area contributed by atoms with Crippen LogP contribution in [-0.4, -0.2) is 16.0 Å². The van der Waals surface area contributed by atoms with Gasteiger partial charge >= 0.3 is 5.91 Å². The zero-order valence-corrected chi connectivity index (χ0v) is 11.6. The van der Waals surface area contributed by atoms with Gasteiger partial charge < -0.3 is 10.1 Å². The van der Waals surface area contributed by atoms with Gasteiger partial charge in [0.1, 0.15) is 0 Å². The maximum absolute atomic E-state index is 11.7. The summed E-state index contributed by atoms with van der Waals surface area (Å²) in [5.41, 5.74) is 0.872. The van der Waals surface area contributed by atoms with Gasteiger partial charge in [-0.3, -0.25) is 4.79 Å². The molecule has 0 fully saturated rings. The summed E-state index contributed by atoms with van der Waals surface area (Å²) in [7, 11) is 0. The number of aromatic hydroxyl groups is 1. The van der Waals surface area contributed by atoms with Gasteiger partial charge in [0.15, 0.2) is 5.69 Å². The average Bonchev–Trinajstić information content (AvgIpc) is 3.04. The first-order valence-corrected chi connectivity index (χ1v) is 6.90. The van der Waals surface area contributed by atoms with Crippen molar-refractivity contribution < 1.29 is 9.90 Å². The van der Waals surface area contributed by atoms with Crippen LogP contribution in [0.4, 0.5) is 5.69 Å². The molecule has 5 nitrogen and oxygen atoms in total. The van der Waals surface area contributed by atoms with Crippen LogP contribution >= 0.6 is 22.9 Å². The number of carbonyl (C=O) groups is 1. The van der Waals surface area contributed by atoms with Crippen molar-refractivity contribution in [3.63, 3.8) is 0 Å². The largest absolute Gasteiger partial charge is 0.493 e. The van der Waals surface area contributed by atoms with Crippen molar-refractivity contribution in [3.8, 4) is 5.88 Å². The Kier molecular flexibility index (Phi) is 3.25. The molecule has 2 heterocycles. The second-order valence-corrected chi connectivity index (χ2v) is 5.38. The number of benzene rings is 1. The lowest BCUT2D eigenvalue weighted by atomic mass is 10.2. The van der Waals surface area contributed by atoms with E-state index >= 15 is 0 Å². The van der Waals surface area contributed by atoms with E-state index in [4.69, 9.17) is 11.6 Å². The average molecular weight is 306 g/mol. The van der Waals surface area contributed by atoms with Gasteiger partial charge in [-0.15, -0.1) is 21.6 Å². The molecule has 0 aliphatic rings. The maximum Gasteiger partial charge on any atom is 0.305 e. The van der Waals surface area contributed by atoms with Crippen molar-refractivity contribution >= 4 is 45.4 Å². The molecule has 0 radical (unpaired) electrons. The highest BCUT2D eigenvalue weighted by molar-refractivity contribution is 7.12. The zero-order valence-electron chi connectivity index (χ0n) is 10.0. The molecule has 1 amide bonds. The molecular weight excluding hydrogens is 298 g/mol. The Hall–Kier alpha value is -2.18. The first kappa shape index (κ1) is 12.8. The molecule has 0 spiro atoms. The van der Waals surface area contributed by atoms with Crippen LogP contribution in [0, 0.1) is 0 Å². The van der Waals surface area contributed by atoms with Crippen LogP contribution in [0.3, 0.4) is 0 Å². The fraction of sp³-hybridized carbons (Fsp3) is 0. The molecular formula is C13H8ClN3O2S. The fourth-order valence-electron chi connectivity index (χ4n) is 1.78. The van der Waals surface area contributed by atoms with Gasteiger partial charge in [0.25, 0.3) is 0 Å². The quantitative estimate of drug-likeness (QED) is 0.683. The number of nitrogens with zero attached hydrogens (tertiary/aromatic N) is 2. The zero-order chi connectivity index (χ0) is 14.1. The van der Waals surface area contributed by atoms with Gasteiger partial charge in [0.2, 0.25) is 5.88 Å². The molecule has 0 saturated heterocycles. The van der Waals surface area contributed by atoms with E-state index in [1.807, 2.05) is 0 Å². The predicted octanol–water partition coefficient (Wildman–Crippen LogP) is 4.51. The second kappa shape index (κ2) is 5.07. The monoisotopic (exact) mass is 305 g/mol. The number of H-pyrrole nitrogens is 1. The van der Waals surface area contributed by atoms with E-state index in [1.54, 1.807) is 35.7 Å². The summed E-state index contributed by atoms with van der Waals surface area (Å²) >= 11 is 7.19. The van der Waals surface area contributed by atoms with Crippen molar-refractivity contribution in [1.82, 2.24) is 4.98 Å². The third-order valence-corrected chi connectivity index (χ3v) is 3.78. The van der Waals surface area contributed by atoms with E-state index in [9.17, 15) is 9.90 Å². The number of halogens is 1. The Morgan fingerprint density at radius 2 is 2.20 bits per heavy atom. The summed E-state index contributed by atoms with van der Waals surface area (Å²) in [6.07, 6.45) is 0. The number of fused-ring (bicyclic) bond motifs is 1. The summed E-state index contributed by atoms with van der Waals surface area (Å²) in [4.78, 5) is 15.0. The van der Waals surface area contributed by atoms with Crippen LogP contribution in [0.25, 0.3) is 10.9 Å². The van der Waals surface area contributed by atoms with Crippen LogP contribution in [0.1, 0.15) is 9.67 Å². The third-order valence-electron chi connectivity index (χ3n) is 2.69. The number of azo groups is 1. The molecule has 0 bridgehead atoms. The predicted molar refractivity (Wildman–Crippen MR) is 78.1 cm³/mol. The molecule has 0 unspecified atom stereocenters. The minimum absolute atomic E-state index is 0.148. The Balaban J connectivity index is 2.00. The van der Waals surface area contributed by atoms with Crippen LogP contribution in [0.5, 0.6) is 5.88 Å². The standard InChI is InChI=1S/C13H8ClN3O2S/c14-7-3-4-9-8(6-7)11(13(19)15-9)16-17-12(18)10-2-1-5-20-10/h1-6,15,19H. The Bertz CT molecular complexity index is 809. The lowest BCUT2D eigenvalue weighted by Gasteiger charge is -1.92. The summed E-state index contributed by atoms with van der Waals surface area (Å²) < 4.78 is 0. The van der Waals surface area contributed by atoms with Crippen molar-refractivity contribution in [2.45, 2.75) is 0 Å². The number of carbonyl (C=O) groups excluding carboxylic acids is 1. The van der Waals surface area contributed by atoms with E-state index in [0.29, 0.717) is 20.8 Å². The number of hydrogen-bond donors (Lipinski definition) is 2. The van der Waals surface area contributed by atoms with Gasteiger partial charge in [-0.05, 0) is 29.6 Å². The number of thiophene rings is 1. The van der Waals surface area contributed by atoms with E-state index in [0.717, 1.165) is 0 Å². The molecule has 0 atom stereocenters. The van der Waals surface area contributed by atoms with E-state index < -0.39 is 5.91 Å². The molecule has 3 rings (SSSR count). The lowest BCUT2D eigenvalue weighted by molar-refractivity contribution is 0.0999. The highest BCUT2D eigenvalue weighted by atomic mass is 35.5. The molecule has 0 aliphatic heterocycles. The molecule has 2 N–H and O–H groups in total. The van der Waals surface area contributed by atoms with Gasteiger partial charge in [-0.1, -0.05) is 17.7 Å². The fourth-order valence-corrected chi connectivity index (χ4v) is 2.56. The van der Waals surface area contributed by atoms with E-state index in [2.05, 4.69) is 15.2 Å². The topological polar surface area (TPSA) is 77.8 Å². The first-order valence-electron chi connectivity index (χ1n) is 5.65. The summed E-state index contributed by atoms with van der Waals surface area (Å²) in [6, 6.07) is 8.49. The Morgan fingerprint density at radius 3 is 2.95 bits per heavy atom. The van der Waals surface area contributed by atoms with Crippen LogP contribution < -0.4 is 0 Å². The Labute approximate surface area is 122 Å². The molecule has 3 aromatic rings. The Morgan fingerprint density at radius 1 is 1.35 bits per heavy atom. The third kappa shape index (κ3) is 2.31. The maximum atomic E-state index is 11.7. The normalized spacial score (nSPS) is 11.4. The number of aromatic nitrogens is 1. The van der Waals surface area contributed by atoms with E-state index in [-0.39, 0.29) is 11.6 Å². The van der Waals surface area contributed by atoms with Gasteiger partial charge in [0.05, 0.1) is 10.4 Å². The number of amides is 1. The van der Waals surface area contributed by atoms with Crippen LogP contribution in [-0.2, 0) is 0 Å². The van der Waals surface area contributed by atoms with Crippen molar-refractivity contribution in [2.75, 3.05) is 0 Å². The number of rotatable bonds is 2. The highest BCUT2D eigenvalue weighted by Gasteiger charge is 2.12. The van der Waals surface area contributed by atoms with Crippen LogP contribution in [0.15, 0.2) is 45.9 Å². The van der Waals surface area contributed by atoms with Gasteiger partial charge in [0, 0.05) is 10.4 Å². The van der Waals surface area contributed by atoms with Crippen molar-refractivity contribution in [3.05, 3.63) is 45.6 Å². The van der Waals surface area contributed by atoms with Gasteiger partial charge in [-0.2, -0.15) is 0 Å². The molecule has 2 aromatic heterocycles. The summed E-state index contributed by atoms with van der Waals surface area (Å²) in [6.45, 7) is 0. The van der Waals surface area contributed by atoms with Crippen molar-refractivity contribution in [2.24, 2.45) is 10.2 Å². The first-order chi connectivity index (χ1) is 9.65. The SMILES string of the molecule is O=C(N=Nc1c(O)[nH]c2ccc(Cl)cc12)c1cccs1. The van der Waals surface area contributed by atoms with Crippen LogP contribution in [0.2, 0.25) is 5.02 Å². The minimum Gasteiger partial charge on any atom is -0.493 e. The summed E-state index contributed by atoms with van der Waals surface area (Å²) in [5.74, 6) is -0.597. The number of hydrogen-bond acceptors (Lipinski definition) is 4. The smallest absolute Gasteiger partial charge is 0.305 e. The molecule has 7 heteroatoms. The number of aromatic amines is 1. The number of nitrogens with one attached hydrogen (secondary N) is 1. The van der Waals surface area contributed by atoms with Crippen molar-refractivity contribution in [1.29, 1.82) is 0 Å². The summed E-state index contributed by atoms with van der Waals surface area (Å²) in [5, 5.41) is 20.2. The lowest BCUT2D eigenvalue weighted by Crippen LogP contribution is -1.87.